The minimum absolute atomic E-state index is 0.573. The molecule has 1 aromatic rings. The second-order valence-electron chi connectivity index (χ2n) is 6.81. The minimum atomic E-state index is 0.573. The molecule has 0 spiro atoms. The van der Waals surface area contributed by atoms with Crippen LogP contribution < -0.4 is 10.6 Å². The molecule has 0 amide bonds. The van der Waals surface area contributed by atoms with Gasteiger partial charge in [-0.25, -0.2) is 9.98 Å². The van der Waals surface area contributed by atoms with Crippen LogP contribution in [0, 0.1) is 11.8 Å². The third kappa shape index (κ3) is 8.91. The van der Waals surface area contributed by atoms with Crippen LogP contribution in [0.2, 0.25) is 0 Å². The summed E-state index contributed by atoms with van der Waals surface area (Å²) >= 11 is 0. The van der Waals surface area contributed by atoms with Crippen molar-refractivity contribution in [2.75, 3.05) is 26.3 Å². The summed E-state index contributed by atoms with van der Waals surface area (Å²) < 4.78 is 7.80. The molecule has 1 aromatic heterocycles. The Balaban J connectivity index is 2.41. The maximum absolute atomic E-state index is 5.62. The lowest BCUT2D eigenvalue weighted by molar-refractivity contribution is 0.128. The van der Waals surface area contributed by atoms with Crippen molar-refractivity contribution >= 4 is 5.96 Å². The number of ether oxygens (including phenoxy) is 1. The van der Waals surface area contributed by atoms with E-state index in [4.69, 9.17) is 4.74 Å². The molecule has 138 valence electrons. The summed E-state index contributed by atoms with van der Waals surface area (Å²) in [5.74, 6) is 3.08. The molecule has 2 N–H and O–H groups in total. The number of nitrogens with zero attached hydrogens (tertiary/aromatic N) is 3. The molecule has 6 heteroatoms. The highest BCUT2D eigenvalue weighted by Gasteiger charge is 2.05. The largest absolute Gasteiger partial charge is 0.380 e. The van der Waals surface area contributed by atoms with E-state index < -0.39 is 0 Å². The molecule has 0 aliphatic carbocycles. The normalized spacial score (nSPS) is 12.2. The predicted molar refractivity (Wildman–Crippen MR) is 100 cm³/mol. The molecule has 0 atom stereocenters. The van der Waals surface area contributed by atoms with Crippen molar-refractivity contribution in [1.29, 1.82) is 0 Å². The molecule has 24 heavy (non-hydrogen) atoms. The maximum Gasteiger partial charge on any atom is 0.191 e. The number of imidazole rings is 1. The predicted octanol–water partition coefficient (Wildman–Crippen LogP) is 2.66. The van der Waals surface area contributed by atoms with Crippen LogP contribution in [0.15, 0.2) is 17.4 Å². The van der Waals surface area contributed by atoms with Gasteiger partial charge in [-0.1, -0.05) is 27.7 Å². The van der Waals surface area contributed by atoms with Crippen molar-refractivity contribution < 1.29 is 4.74 Å². The first-order valence-electron chi connectivity index (χ1n) is 9.12. The summed E-state index contributed by atoms with van der Waals surface area (Å²) in [4.78, 5) is 9.04. The maximum atomic E-state index is 5.62. The second kappa shape index (κ2) is 11.9. The molecule has 0 aromatic carbocycles. The Morgan fingerprint density at radius 1 is 1.21 bits per heavy atom. The number of rotatable bonds is 11. The van der Waals surface area contributed by atoms with Gasteiger partial charge in [0.15, 0.2) is 5.96 Å². The fourth-order valence-corrected chi connectivity index (χ4v) is 2.21. The van der Waals surface area contributed by atoms with E-state index >= 15 is 0 Å². The van der Waals surface area contributed by atoms with Gasteiger partial charge < -0.3 is 19.9 Å². The van der Waals surface area contributed by atoms with E-state index in [-0.39, 0.29) is 0 Å². The van der Waals surface area contributed by atoms with E-state index in [0.717, 1.165) is 44.4 Å². The van der Waals surface area contributed by atoms with Crippen LogP contribution in [-0.4, -0.2) is 41.8 Å². The Hall–Kier alpha value is -1.56. The summed E-state index contributed by atoms with van der Waals surface area (Å²) in [6.45, 7) is 15.5. The molecule has 6 nitrogen and oxygen atoms in total. The topological polar surface area (TPSA) is 63.5 Å². The van der Waals surface area contributed by atoms with E-state index in [0.29, 0.717) is 25.0 Å². The Bertz CT molecular complexity index is 468. The Kier molecular flexibility index (Phi) is 10.2. The first kappa shape index (κ1) is 20.5. The Morgan fingerprint density at radius 3 is 2.67 bits per heavy atom. The molecule has 0 bridgehead atoms. The van der Waals surface area contributed by atoms with Crippen LogP contribution in [0.25, 0.3) is 0 Å². The van der Waals surface area contributed by atoms with Gasteiger partial charge in [-0.2, -0.15) is 0 Å². The minimum Gasteiger partial charge on any atom is -0.380 e. The molecule has 1 rings (SSSR count). The number of nitrogens with one attached hydrogen (secondary N) is 2. The van der Waals surface area contributed by atoms with Gasteiger partial charge in [0.1, 0.15) is 12.4 Å². The number of aromatic nitrogens is 2. The SMILES string of the molecule is CCNC(=NCc1nccn1CC(C)C)NCCOCCC(C)C. The molecular formula is C18H35N5O. The molecular weight excluding hydrogens is 302 g/mol. The highest BCUT2D eigenvalue weighted by Crippen LogP contribution is 2.04. The first-order valence-corrected chi connectivity index (χ1v) is 9.12. The summed E-state index contributed by atoms with van der Waals surface area (Å²) in [6.07, 6.45) is 4.97. The molecule has 0 radical (unpaired) electrons. The Morgan fingerprint density at radius 2 is 2.00 bits per heavy atom. The van der Waals surface area contributed by atoms with Gasteiger partial charge in [-0.15, -0.1) is 0 Å². The zero-order valence-corrected chi connectivity index (χ0v) is 16.0. The average Bonchev–Trinajstić information content (AvgIpc) is 2.94. The van der Waals surface area contributed by atoms with Gasteiger partial charge in [0.25, 0.3) is 0 Å². The summed E-state index contributed by atoms with van der Waals surface area (Å²) in [5, 5.41) is 6.57. The average molecular weight is 338 g/mol. The van der Waals surface area contributed by atoms with Crippen LogP contribution in [0.5, 0.6) is 0 Å². The lowest BCUT2D eigenvalue weighted by Crippen LogP contribution is -2.39. The monoisotopic (exact) mass is 337 g/mol. The van der Waals surface area contributed by atoms with Crippen molar-refractivity contribution in [3.8, 4) is 0 Å². The summed E-state index contributed by atoms with van der Waals surface area (Å²) in [7, 11) is 0. The van der Waals surface area contributed by atoms with E-state index in [1.165, 1.54) is 0 Å². The number of hydrogen-bond acceptors (Lipinski definition) is 3. The van der Waals surface area contributed by atoms with Gasteiger partial charge in [0.05, 0.1) is 6.61 Å². The molecule has 0 saturated carbocycles. The lowest BCUT2D eigenvalue weighted by atomic mass is 10.1. The highest BCUT2D eigenvalue weighted by atomic mass is 16.5. The van der Waals surface area contributed by atoms with Crippen molar-refractivity contribution in [2.45, 2.75) is 54.1 Å². The molecule has 0 saturated heterocycles. The van der Waals surface area contributed by atoms with Gasteiger partial charge in [-0.3, -0.25) is 0 Å². The van der Waals surface area contributed by atoms with Crippen LogP contribution in [0.1, 0.15) is 46.9 Å². The van der Waals surface area contributed by atoms with Crippen molar-refractivity contribution in [2.24, 2.45) is 16.8 Å². The summed E-state index contributed by atoms with van der Waals surface area (Å²) in [5.41, 5.74) is 0. The van der Waals surface area contributed by atoms with Crippen molar-refractivity contribution in [3.63, 3.8) is 0 Å². The number of guanidine groups is 1. The van der Waals surface area contributed by atoms with E-state index in [1.54, 1.807) is 0 Å². The molecule has 1 heterocycles. The van der Waals surface area contributed by atoms with E-state index in [9.17, 15) is 0 Å². The van der Waals surface area contributed by atoms with E-state index in [1.807, 2.05) is 12.4 Å². The molecule has 0 unspecified atom stereocenters. The first-order chi connectivity index (χ1) is 11.5. The lowest BCUT2D eigenvalue weighted by Gasteiger charge is -2.13. The van der Waals surface area contributed by atoms with Gasteiger partial charge in [-0.05, 0) is 25.2 Å². The quantitative estimate of drug-likeness (QED) is 0.370. The van der Waals surface area contributed by atoms with Gasteiger partial charge in [0.2, 0.25) is 0 Å². The molecule has 0 aliphatic heterocycles. The number of aliphatic imine (C=N–C) groups is 1. The zero-order valence-electron chi connectivity index (χ0n) is 16.0. The van der Waals surface area contributed by atoms with Crippen LogP contribution >= 0.6 is 0 Å². The van der Waals surface area contributed by atoms with Gasteiger partial charge >= 0.3 is 0 Å². The standard InChI is InChI=1S/C18H35N5O/c1-6-19-18(21-9-12-24-11-7-15(2)3)22-13-17-20-8-10-23(17)14-16(4)5/h8,10,15-16H,6-7,9,11-14H2,1-5H3,(H2,19,21,22). The highest BCUT2D eigenvalue weighted by molar-refractivity contribution is 5.79. The fraction of sp³-hybridized carbons (Fsp3) is 0.778. The smallest absolute Gasteiger partial charge is 0.191 e. The second-order valence-corrected chi connectivity index (χ2v) is 6.81. The van der Waals surface area contributed by atoms with Crippen LogP contribution in [-0.2, 0) is 17.8 Å². The van der Waals surface area contributed by atoms with Crippen molar-refractivity contribution in [1.82, 2.24) is 20.2 Å². The van der Waals surface area contributed by atoms with Gasteiger partial charge in [0, 0.05) is 38.6 Å². The van der Waals surface area contributed by atoms with Crippen molar-refractivity contribution in [3.05, 3.63) is 18.2 Å². The van der Waals surface area contributed by atoms with Crippen LogP contribution in [0.3, 0.4) is 0 Å². The third-order valence-electron chi connectivity index (χ3n) is 3.46. The Labute approximate surface area is 147 Å². The molecule has 0 aliphatic rings. The summed E-state index contributed by atoms with van der Waals surface area (Å²) in [6, 6.07) is 0. The third-order valence-corrected chi connectivity index (χ3v) is 3.46. The molecule has 0 fully saturated rings. The van der Waals surface area contributed by atoms with E-state index in [2.05, 4.69) is 59.8 Å². The zero-order chi connectivity index (χ0) is 17.8. The number of hydrogen-bond donors (Lipinski definition) is 2. The van der Waals surface area contributed by atoms with Crippen LogP contribution in [0.4, 0.5) is 0 Å². The fourth-order valence-electron chi connectivity index (χ4n) is 2.21.